The van der Waals surface area contributed by atoms with Gasteiger partial charge in [0.25, 0.3) is 0 Å². The average molecular weight is 300 g/mol. The minimum Gasteiger partial charge on any atom is -0.392 e. The number of carbonyl (C=O) groups is 1. The lowest BCUT2D eigenvalue weighted by Crippen LogP contribution is -2.25. The summed E-state index contributed by atoms with van der Waals surface area (Å²) in [6, 6.07) is 5.48. The molecule has 0 saturated carbocycles. The second kappa shape index (κ2) is 5.92. The largest absolute Gasteiger partial charge is 0.392 e. The quantitative estimate of drug-likeness (QED) is 0.892. The van der Waals surface area contributed by atoms with Crippen molar-refractivity contribution in [1.82, 2.24) is 20.2 Å². The number of nitrogens with zero attached hydrogens (tertiary/aromatic N) is 4. The molecule has 0 bridgehead atoms. The molecule has 22 heavy (non-hydrogen) atoms. The van der Waals surface area contributed by atoms with Crippen molar-refractivity contribution in [2.45, 2.75) is 26.4 Å². The summed E-state index contributed by atoms with van der Waals surface area (Å²) in [7, 11) is 0. The number of nitrogens with one attached hydrogen (secondary N) is 2. The molecule has 0 radical (unpaired) electrons. The summed E-state index contributed by atoms with van der Waals surface area (Å²) >= 11 is 0. The molecule has 2 unspecified atom stereocenters. The molecule has 2 aromatic rings. The first-order chi connectivity index (χ1) is 10.6. The van der Waals surface area contributed by atoms with Crippen molar-refractivity contribution >= 4 is 17.6 Å². The van der Waals surface area contributed by atoms with Crippen LogP contribution in [0.2, 0.25) is 0 Å². The smallest absolute Gasteiger partial charge is 0.249 e. The molecule has 8 nitrogen and oxygen atoms in total. The van der Waals surface area contributed by atoms with Crippen molar-refractivity contribution in [1.29, 1.82) is 0 Å². The van der Waals surface area contributed by atoms with Crippen LogP contribution in [0.5, 0.6) is 0 Å². The third kappa shape index (κ3) is 2.95. The number of pyridine rings is 1. The lowest BCUT2D eigenvalue weighted by atomic mass is 9.95. The number of hydrogen-bond donors (Lipinski definition) is 2. The van der Waals surface area contributed by atoms with Crippen LogP contribution in [0, 0.1) is 5.92 Å². The van der Waals surface area contributed by atoms with Gasteiger partial charge in [-0.3, -0.25) is 20.2 Å². The molecule has 0 aromatic carbocycles. The van der Waals surface area contributed by atoms with Gasteiger partial charge >= 0.3 is 0 Å². The van der Waals surface area contributed by atoms with E-state index in [4.69, 9.17) is 4.84 Å². The van der Waals surface area contributed by atoms with Crippen LogP contribution in [-0.4, -0.2) is 37.9 Å². The Morgan fingerprint density at radius 1 is 1.45 bits per heavy atom. The van der Waals surface area contributed by atoms with E-state index in [1.807, 2.05) is 32.0 Å². The summed E-state index contributed by atoms with van der Waals surface area (Å²) in [5, 5.41) is 13.3. The van der Waals surface area contributed by atoms with Gasteiger partial charge in [-0.1, -0.05) is 11.2 Å². The fraction of sp³-hybridized carbons (Fsp3) is 0.357. The van der Waals surface area contributed by atoms with Crippen molar-refractivity contribution in [2.75, 3.05) is 5.32 Å². The number of H-pyrrole nitrogens is 1. The lowest BCUT2D eigenvalue weighted by molar-refractivity contribution is -0.117. The van der Waals surface area contributed by atoms with E-state index in [0.717, 1.165) is 5.71 Å². The molecule has 0 aliphatic carbocycles. The summed E-state index contributed by atoms with van der Waals surface area (Å²) < 4.78 is 0. The van der Waals surface area contributed by atoms with Crippen molar-refractivity contribution in [3.63, 3.8) is 0 Å². The van der Waals surface area contributed by atoms with Gasteiger partial charge < -0.3 is 4.84 Å². The van der Waals surface area contributed by atoms with Crippen LogP contribution in [0.4, 0.5) is 5.95 Å². The molecule has 0 saturated heterocycles. The predicted octanol–water partition coefficient (Wildman–Crippen LogP) is 1.61. The average Bonchev–Trinajstić information content (AvgIpc) is 3.10. The Balaban J connectivity index is 1.63. The van der Waals surface area contributed by atoms with Crippen molar-refractivity contribution in [2.24, 2.45) is 11.1 Å². The predicted molar refractivity (Wildman–Crippen MR) is 80.0 cm³/mol. The zero-order valence-corrected chi connectivity index (χ0v) is 12.3. The molecule has 2 aromatic heterocycles. The van der Waals surface area contributed by atoms with Crippen LogP contribution in [0.15, 0.2) is 29.6 Å². The Labute approximate surface area is 127 Å². The summed E-state index contributed by atoms with van der Waals surface area (Å²) in [4.78, 5) is 25.6. The summed E-state index contributed by atoms with van der Waals surface area (Å²) in [5.41, 5.74) is 1.49. The highest BCUT2D eigenvalue weighted by atomic mass is 16.6. The molecule has 3 heterocycles. The highest BCUT2D eigenvalue weighted by Gasteiger charge is 2.30. The van der Waals surface area contributed by atoms with Crippen LogP contribution >= 0.6 is 0 Å². The van der Waals surface area contributed by atoms with Crippen LogP contribution < -0.4 is 5.32 Å². The maximum Gasteiger partial charge on any atom is 0.249 e. The van der Waals surface area contributed by atoms with Crippen molar-refractivity contribution < 1.29 is 9.63 Å². The third-order valence-corrected chi connectivity index (χ3v) is 3.52. The first-order valence-corrected chi connectivity index (χ1v) is 6.97. The molecule has 2 N–H and O–H groups in total. The standard InChI is InChI=1S/C14H16N6O2/c1-8-10(9(2)22-20-8)7-12(21)16-14-17-13(18-19-14)11-5-3-4-6-15-11/h3-6,9-10H,7H2,1-2H3,(H2,16,17,18,19,21). The lowest BCUT2D eigenvalue weighted by Gasteiger charge is -2.12. The molecule has 114 valence electrons. The van der Waals surface area contributed by atoms with Crippen molar-refractivity contribution in [3.05, 3.63) is 24.4 Å². The van der Waals surface area contributed by atoms with Crippen LogP contribution in [-0.2, 0) is 9.63 Å². The van der Waals surface area contributed by atoms with Gasteiger partial charge in [0.15, 0.2) is 5.82 Å². The van der Waals surface area contributed by atoms with E-state index >= 15 is 0 Å². The van der Waals surface area contributed by atoms with Gasteiger partial charge in [0, 0.05) is 18.5 Å². The van der Waals surface area contributed by atoms with Crippen LogP contribution in [0.25, 0.3) is 11.5 Å². The molecule has 2 atom stereocenters. The molecule has 0 fully saturated rings. The fourth-order valence-corrected chi connectivity index (χ4v) is 2.27. The van der Waals surface area contributed by atoms with Gasteiger partial charge in [-0.05, 0) is 26.0 Å². The topological polar surface area (TPSA) is 105 Å². The van der Waals surface area contributed by atoms with Crippen molar-refractivity contribution in [3.8, 4) is 11.5 Å². The van der Waals surface area contributed by atoms with Gasteiger partial charge in [0.05, 0.1) is 5.71 Å². The maximum atomic E-state index is 12.1. The molecule has 1 aliphatic rings. The Bertz CT molecular complexity index is 696. The zero-order chi connectivity index (χ0) is 15.5. The number of hydrogen-bond acceptors (Lipinski definition) is 6. The Kier molecular flexibility index (Phi) is 3.82. The van der Waals surface area contributed by atoms with E-state index in [2.05, 4.69) is 30.6 Å². The van der Waals surface area contributed by atoms with Gasteiger partial charge in [0.2, 0.25) is 11.9 Å². The molecular formula is C14H16N6O2. The highest BCUT2D eigenvalue weighted by molar-refractivity contribution is 5.95. The fourth-order valence-electron chi connectivity index (χ4n) is 2.27. The summed E-state index contributed by atoms with van der Waals surface area (Å²) in [6.07, 6.45) is 1.85. The van der Waals surface area contributed by atoms with E-state index in [9.17, 15) is 4.79 Å². The van der Waals surface area contributed by atoms with E-state index in [1.54, 1.807) is 6.20 Å². The number of aromatic amines is 1. The molecule has 8 heteroatoms. The minimum absolute atomic E-state index is 0.0193. The Morgan fingerprint density at radius 3 is 3.00 bits per heavy atom. The van der Waals surface area contributed by atoms with E-state index in [0.29, 0.717) is 11.5 Å². The molecule has 3 rings (SSSR count). The summed E-state index contributed by atoms with van der Waals surface area (Å²) in [5.74, 6) is 0.538. The zero-order valence-electron chi connectivity index (χ0n) is 12.3. The van der Waals surface area contributed by atoms with E-state index in [-0.39, 0.29) is 30.3 Å². The monoisotopic (exact) mass is 300 g/mol. The van der Waals surface area contributed by atoms with Crippen LogP contribution in [0.3, 0.4) is 0 Å². The van der Waals surface area contributed by atoms with E-state index in [1.165, 1.54) is 0 Å². The normalized spacial score (nSPS) is 20.4. The first kappa shape index (κ1) is 14.2. The van der Waals surface area contributed by atoms with Gasteiger partial charge in [0.1, 0.15) is 11.8 Å². The first-order valence-electron chi connectivity index (χ1n) is 6.97. The molecule has 1 amide bonds. The van der Waals surface area contributed by atoms with E-state index < -0.39 is 0 Å². The van der Waals surface area contributed by atoms with Gasteiger partial charge in [-0.25, -0.2) is 0 Å². The SMILES string of the molecule is CC1=NOC(C)C1CC(=O)Nc1n[nH]c(-c2ccccn2)n1. The number of oxime groups is 1. The summed E-state index contributed by atoms with van der Waals surface area (Å²) in [6.45, 7) is 3.75. The number of rotatable bonds is 4. The number of anilines is 1. The second-order valence-electron chi connectivity index (χ2n) is 5.12. The second-order valence-corrected chi connectivity index (χ2v) is 5.12. The van der Waals surface area contributed by atoms with Crippen LogP contribution in [0.1, 0.15) is 20.3 Å². The number of amides is 1. The van der Waals surface area contributed by atoms with Gasteiger partial charge in [-0.15, -0.1) is 5.10 Å². The maximum absolute atomic E-state index is 12.1. The highest BCUT2D eigenvalue weighted by Crippen LogP contribution is 2.22. The number of aromatic nitrogens is 4. The Morgan fingerprint density at radius 2 is 2.32 bits per heavy atom. The molecule has 1 aliphatic heterocycles. The Hall–Kier alpha value is -2.77. The third-order valence-electron chi connectivity index (χ3n) is 3.52. The molecular weight excluding hydrogens is 284 g/mol. The number of carbonyl (C=O) groups excluding carboxylic acids is 1. The molecule has 0 spiro atoms. The minimum atomic E-state index is -0.177. The van der Waals surface area contributed by atoms with Gasteiger partial charge in [-0.2, -0.15) is 4.98 Å².